The normalized spacial score (nSPS) is 27.7. The van der Waals surface area contributed by atoms with Crippen LogP contribution in [0.1, 0.15) is 59.3 Å². The molecule has 29 heavy (non-hydrogen) atoms. The average Bonchev–Trinajstić information content (AvgIpc) is 2.66. The predicted molar refractivity (Wildman–Crippen MR) is 112 cm³/mol. The molecule has 0 aromatic heterocycles. The SMILES string of the molecule is CC(C)COCC[C@H](N)[C@](O)(CC1C=C(OC2CCC(C)CC2)C=CN1)C(=O)O. The summed E-state index contributed by atoms with van der Waals surface area (Å²) in [5.74, 6) is 0.535. The van der Waals surface area contributed by atoms with E-state index in [2.05, 4.69) is 12.2 Å². The molecule has 1 fully saturated rings. The zero-order valence-corrected chi connectivity index (χ0v) is 18.0. The van der Waals surface area contributed by atoms with E-state index in [0.29, 0.717) is 19.1 Å². The largest absolute Gasteiger partial charge is 0.491 e. The maximum absolute atomic E-state index is 11.8. The van der Waals surface area contributed by atoms with E-state index >= 15 is 0 Å². The van der Waals surface area contributed by atoms with Crippen molar-refractivity contribution >= 4 is 5.97 Å². The van der Waals surface area contributed by atoms with Gasteiger partial charge < -0.3 is 30.7 Å². The quantitative estimate of drug-likeness (QED) is 0.387. The van der Waals surface area contributed by atoms with E-state index in [4.69, 9.17) is 15.2 Å². The summed E-state index contributed by atoms with van der Waals surface area (Å²) in [5.41, 5.74) is 4.03. The number of rotatable bonds is 11. The Balaban J connectivity index is 1.93. The Morgan fingerprint density at radius 3 is 2.66 bits per heavy atom. The van der Waals surface area contributed by atoms with Gasteiger partial charge in [0.15, 0.2) is 5.60 Å². The fourth-order valence-corrected chi connectivity index (χ4v) is 3.79. The van der Waals surface area contributed by atoms with Gasteiger partial charge in [-0.2, -0.15) is 0 Å². The Morgan fingerprint density at radius 2 is 2.03 bits per heavy atom. The van der Waals surface area contributed by atoms with Gasteiger partial charge in [0.25, 0.3) is 0 Å². The van der Waals surface area contributed by atoms with Crippen LogP contribution in [0.2, 0.25) is 0 Å². The lowest BCUT2D eigenvalue weighted by Gasteiger charge is -2.34. The number of carboxylic acid groups (broad SMARTS) is 1. The molecular weight excluding hydrogens is 372 g/mol. The van der Waals surface area contributed by atoms with Crippen LogP contribution in [0.5, 0.6) is 0 Å². The van der Waals surface area contributed by atoms with E-state index in [9.17, 15) is 15.0 Å². The molecule has 0 bridgehead atoms. The van der Waals surface area contributed by atoms with Crippen LogP contribution < -0.4 is 11.1 Å². The number of nitrogens with one attached hydrogen (secondary N) is 1. The van der Waals surface area contributed by atoms with Crippen molar-refractivity contribution in [2.45, 2.75) is 83.1 Å². The molecule has 0 amide bonds. The lowest BCUT2D eigenvalue weighted by atomic mass is 9.85. The second-order valence-electron chi connectivity index (χ2n) is 8.97. The highest BCUT2D eigenvalue weighted by atomic mass is 16.5. The molecule has 1 aliphatic carbocycles. The molecule has 0 aromatic carbocycles. The first-order chi connectivity index (χ1) is 13.7. The van der Waals surface area contributed by atoms with E-state index in [-0.39, 0.29) is 25.0 Å². The minimum atomic E-state index is -2.05. The third-order valence-electron chi connectivity index (χ3n) is 5.73. The second-order valence-corrected chi connectivity index (χ2v) is 8.97. The molecule has 2 rings (SSSR count). The van der Waals surface area contributed by atoms with Gasteiger partial charge in [0.2, 0.25) is 0 Å². The highest BCUT2D eigenvalue weighted by Gasteiger charge is 2.44. The molecule has 0 spiro atoms. The Hall–Kier alpha value is -1.57. The summed E-state index contributed by atoms with van der Waals surface area (Å²) < 4.78 is 11.6. The van der Waals surface area contributed by atoms with Crippen molar-refractivity contribution in [2.75, 3.05) is 13.2 Å². The van der Waals surface area contributed by atoms with Crippen molar-refractivity contribution in [1.29, 1.82) is 0 Å². The highest BCUT2D eigenvalue weighted by Crippen LogP contribution is 2.28. The van der Waals surface area contributed by atoms with Gasteiger partial charge in [-0.05, 0) is 56.1 Å². The highest BCUT2D eigenvalue weighted by molar-refractivity contribution is 5.78. The van der Waals surface area contributed by atoms with E-state index < -0.39 is 17.6 Å². The summed E-state index contributed by atoms with van der Waals surface area (Å²) in [6, 6.07) is -1.31. The van der Waals surface area contributed by atoms with Crippen LogP contribution in [0.25, 0.3) is 0 Å². The maximum atomic E-state index is 11.8. The molecule has 1 saturated carbocycles. The fraction of sp³-hybridized carbons (Fsp3) is 0.773. The van der Waals surface area contributed by atoms with Crippen LogP contribution in [-0.2, 0) is 14.3 Å². The number of carboxylic acids is 1. The number of allylic oxidation sites excluding steroid dienone is 1. The number of aliphatic hydroxyl groups is 1. The first-order valence-electron chi connectivity index (χ1n) is 10.8. The van der Waals surface area contributed by atoms with Gasteiger partial charge in [-0.15, -0.1) is 0 Å². The van der Waals surface area contributed by atoms with Gasteiger partial charge in [0.05, 0.1) is 12.1 Å². The van der Waals surface area contributed by atoms with Crippen molar-refractivity contribution < 1.29 is 24.5 Å². The fourth-order valence-electron chi connectivity index (χ4n) is 3.79. The van der Waals surface area contributed by atoms with E-state index in [1.807, 2.05) is 26.0 Å². The Morgan fingerprint density at radius 1 is 1.34 bits per heavy atom. The van der Waals surface area contributed by atoms with Gasteiger partial charge in [0.1, 0.15) is 5.76 Å². The van der Waals surface area contributed by atoms with Gasteiger partial charge in [-0.3, -0.25) is 0 Å². The van der Waals surface area contributed by atoms with Crippen molar-refractivity contribution in [1.82, 2.24) is 5.32 Å². The zero-order valence-electron chi connectivity index (χ0n) is 18.0. The van der Waals surface area contributed by atoms with Gasteiger partial charge >= 0.3 is 5.97 Å². The van der Waals surface area contributed by atoms with Crippen LogP contribution in [0, 0.1) is 11.8 Å². The Labute approximate surface area is 174 Å². The first kappa shape index (κ1) is 23.7. The summed E-state index contributed by atoms with van der Waals surface area (Å²) in [4.78, 5) is 11.8. The molecule has 1 unspecified atom stereocenters. The molecule has 1 heterocycles. The number of ether oxygens (including phenoxy) is 2. The minimum absolute atomic E-state index is 0.0490. The monoisotopic (exact) mass is 410 g/mol. The molecule has 0 aromatic rings. The molecule has 7 heteroatoms. The lowest BCUT2D eigenvalue weighted by molar-refractivity contribution is -0.162. The van der Waals surface area contributed by atoms with Crippen molar-refractivity contribution in [3.05, 3.63) is 24.1 Å². The molecule has 0 radical (unpaired) electrons. The molecule has 166 valence electrons. The van der Waals surface area contributed by atoms with Crippen LogP contribution in [-0.4, -0.2) is 53.2 Å². The predicted octanol–water partition coefficient (Wildman–Crippen LogP) is 2.55. The first-order valence-corrected chi connectivity index (χ1v) is 10.8. The summed E-state index contributed by atoms with van der Waals surface area (Å²) >= 11 is 0. The number of aliphatic carboxylic acids is 1. The Kier molecular flexibility index (Phi) is 8.99. The standard InChI is InChI=1S/C22H38N2O5/c1-15(2)14-28-11-9-20(23)22(27,21(25)26)13-17-12-19(8-10-24-17)29-18-6-4-16(3)5-7-18/h8,10,12,15-18,20,24,27H,4-7,9,11,13-14,23H2,1-3H3,(H,25,26)/t16?,17?,18?,20-,22+/m0/s1. The average molecular weight is 411 g/mol. The summed E-state index contributed by atoms with van der Waals surface area (Å²) in [7, 11) is 0. The summed E-state index contributed by atoms with van der Waals surface area (Å²) in [6.45, 7) is 7.24. The van der Waals surface area contributed by atoms with E-state index in [0.717, 1.165) is 37.4 Å². The molecule has 1 aliphatic heterocycles. The van der Waals surface area contributed by atoms with Gasteiger partial charge in [-0.1, -0.05) is 20.8 Å². The smallest absolute Gasteiger partial charge is 0.337 e. The summed E-state index contributed by atoms with van der Waals surface area (Å²) in [5, 5.41) is 23.6. The van der Waals surface area contributed by atoms with E-state index in [1.165, 1.54) is 0 Å². The lowest BCUT2D eigenvalue weighted by Crippen LogP contribution is -2.57. The number of hydrogen-bond donors (Lipinski definition) is 4. The third-order valence-corrected chi connectivity index (χ3v) is 5.73. The minimum Gasteiger partial charge on any atom is -0.491 e. The van der Waals surface area contributed by atoms with Crippen LogP contribution in [0.3, 0.4) is 0 Å². The maximum Gasteiger partial charge on any atom is 0.337 e. The molecule has 0 saturated heterocycles. The number of hydrogen-bond acceptors (Lipinski definition) is 6. The number of carbonyl (C=O) groups is 1. The second kappa shape index (κ2) is 11.0. The van der Waals surface area contributed by atoms with Crippen LogP contribution >= 0.6 is 0 Å². The van der Waals surface area contributed by atoms with Crippen molar-refractivity contribution in [2.24, 2.45) is 17.6 Å². The Bertz CT molecular complexity index is 584. The van der Waals surface area contributed by atoms with Crippen LogP contribution in [0.4, 0.5) is 0 Å². The van der Waals surface area contributed by atoms with Gasteiger partial charge in [0, 0.05) is 31.9 Å². The number of dihydropyridines is 1. The van der Waals surface area contributed by atoms with Crippen molar-refractivity contribution in [3.8, 4) is 0 Å². The molecule has 5 N–H and O–H groups in total. The topological polar surface area (TPSA) is 114 Å². The molecule has 3 atom stereocenters. The number of nitrogens with two attached hydrogens (primary N) is 1. The summed E-state index contributed by atoms with van der Waals surface area (Å²) in [6.07, 6.45) is 10.2. The van der Waals surface area contributed by atoms with E-state index in [1.54, 1.807) is 6.20 Å². The van der Waals surface area contributed by atoms with Crippen molar-refractivity contribution in [3.63, 3.8) is 0 Å². The third kappa shape index (κ3) is 7.32. The molecular formula is C22H38N2O5. The molecule has 7 nitrogen and oxygen atoms in total. The molecule has 2 aliphatic rings. The zero-order chi connectivity index (χ0) is 21.4. The van der Waals surface area contributed by atoms with Crippen LogP contribution in [0.15, 0.2) is 24.1 Å². The van der Waals surface area contributed by atoms with Gasteiger partial charge in [-0.25, -0.2) is 4.79 Å².